The van der Waals surface area contributed by atoms with Gasteiger partial charge in [0.05, 0.1) is 29.3 Å². The van der Waals surface area contributed by atoms with Gasteiger partial charge < -0.3 is 19.4 Å². The number of furan rings is 1. The van der Waals surface area contributed by atoms with Gasteiger partial charge in [0, 0.05) is 6.54 Å². The van der Waals surface area contributed by atoms with Crippen LogP contribution in [0.5, 0.6) is 5.75 Å². The van der Waals surface area contributed by atoms with E-state index in [0.717, 1.165) is 16.9 Å². The molecule has 0 aliphatic carbocycles. The lowest BCUT2D eigenvalue weighted by Crippen LogP contribution is -2.33. The number of nitrogens with zero attached hydrogens (tertiary/aromatic N) is 1. The number of anilines is 1. The Balaban J connectivity index is 1.80. The molecule has 0 fully saturated rings. The number of benzene rings is 1. The Morgan fingerprint density at radius 2 is 2.03 bits per heavy atom. The quantitative estimate of drug-likeness (QED) is 0.584. The Hall–Kier alpha value is -3.06. The number of hydrogen-bond acceptors (Lipinski definition) is 5. The lowest BCUT2D eigenvalue weighted by molar-refractivity contribution is 0.0706. The minimum absolute atomic E-state index is 0.0659. The first-order chi connectivity index (χ1) is 13.9. The predicted octanol–water partition coefficient (Wildman–Crippen LogP) is 5.13. The normalized spacial score (nSPS) is 11.7. The zero-order valence-electron chi connectivity index (χ0n) is 16.9. The highest BCUT2D eigenvalue weighted by molar-refractivity contribution is 7.18. The van der Waals surface area contributed by atoms with E-state index in [2.05, 4.69) is 5.32 Å². The second-order valence-corrected chi connectivity index (χ2v) is 7.65. The molecule has 0 radical (unpaired) electrons. The SMILES string of the molecule is CCN(C(=O)c1sc(NC(=O)c2ccco2)cc1C)C(C)c1cccc(OC)c1. The molecule has 1 atom stereocenters. The molecule has 6 nitrogen and oxygen atoms in total. The van der Waals surface area contributed by atoms with Crippen LogP contribution in [0, 0.1) is 6.92 Å². The van der Waals surface area contributed by atoms with E-state index in [9.17, 15) is 9.59 Å². The first-order valence-corrected chi connectivity index (χ1v) is 10.2. The summed E-state index contributed by atoms with van der Waals surface area (Å²) in [5.74, 6) is 0.579. The average Bonchev–Trinajstić information content (AvgIpc) is 3.38. The van der Waals surface area contributed by atoms with Crippen molar-refractivity contribution >= 4 is 28.2 Å². The van der Waals surface area contributed by atoms with Gasteiger partial charge in [-0.3, -0.25) is 9.59 Å². The van der Waals surface area contributed by atoms with Crippen LogP contribution in [0.15, 0.2) is 53.1 Å². The van der Waals surface area contributed by atoms with Crippen molar-refractivity contribution < 1.29 is 18.7 Å². The molecule has 29 heavy (non-hydrogen) atoms. The molecule has 0 spiro atoms. The van der Waals surface area contributed by atoms with E-state index in [1.165, 1.54) is 17.6 Å². The molecular weight excluding hydrogens is 388 g/mol. The molecule has 1 aromatic carbocycles. The molecule has 152 valence electrons. The van der Waals surface area contributed by atoms with Crippen LogP contribution in [-0.2, 0) is 0 Å². The third kappa shape index (κ3) is 4.51. The second-order valence-electron chi connectivity index (χ2n) is 6.60. The number of ether oxygens (including phenoxy) is 1. The smallest absolute Gasteiger partial charge is 0.291 e. The van der Waals surface area contributed by atoms with Gasteiger partial charge in [0.25, 0.3) is 11.8 Å². The fourth-order valence-corrected chi connectivity index (χ4v) is 4.17. The molecule has 1 unspecified atom stereocenters. The van der Waals surface area contributed by atoms with Crippen molar-refractivity contribution in [3.8, 4) is 5.75 Å². The number of thiophene rings is 1. The van der Waals surface area contributed by atoms with E-state index < -0.39 is 0 Å². The fourth-order valence-electron chi connectivity index (χ4n) is 3.14. The molecule has 0 bridgehead atoms. The monoisotopic (exact) mass is 412 g/mol. The van der Waals surface area contributed by atoms with Crippen LogP contribution in [0.25, 0.3) is 0 Å². The van der Waals surface area contributed by atoms with Crippen LogP contribution in [-0.4, -0.2) is 30.4 Å². The molecule has 2 amide bonds. The first kappa shape index (κ1) is 20.7. The highest BCUT2D eigenvalue weighted by atomic mass is 32.1. The summed E-state index contributed by atoms with van der Waals surface area (Å²) in [6, 6.07) is 12.7. The van der Waals surface area contributed by atoms with Gasteiger partial charge in [0.1, 0.15) is 5.75 Å². The van der Waals surface area contributed by atoms with Crippen molar-refractivity contribution in [3.05, 3.63) is 70.5 Å². The second kappa shape index (κ2) is 8.96. The topological polar surface area (TPSA) is 71.8 Å². The van der Waals surface area contributed by atoms with Crippen molar-refractivity contribution in [2.75, 3.05) is 19.0 Å². The Kier molecular flexibility index (Phi) is 6.39. The minimum Gasteiger partial charge on any atom is -0.497 e. The van der Waals surface area contributed by atoms with Gasteiger partial charge in [-0.1, -0.05) is 12.1 Å². The number of amides is 2. The van der Waals surface area contributed by atoms with Crippen LogP contribution < -0.4 is 10.1 Å². The molecule has 3 rings (SSSR count). The van der Waals surface area contributed by atoms with Gasteiger partial charge in [-0.15, -0.1) is 11.3 Å². The lowest BCUT2D eigenvalue weighted by atomic mass is 10.1. The summed E-state index contributed by atoms with van der Waals surface area (Å²) in [6.07, 6.45) is 1.45. The van der Waals surface area contributed by atoms with Gasteiger partial charge in [0.2, 0.25) is 0 Å². The summed E-state index contributed by atoms with van der Waals surface area (Å²) in [6.45, 7) is 6.38. The third-order valence-corrected chi connectivity index (χ3v) is 5.88. The maximum absolute atomic E-state index is 13.3. The van der Waals surface area contributed by atoms with E-state index in [-0.39, 0.29) is 23.6 Å². The molecule has 0 saturated carbocycles. The number of hydrogen-bond donors (Lipinski definition) is 1. The lowest BCUT2D eigenvalue weighted by Gasteiger charge is -2.28. The summed E-state index contributed by atoms with van der Waals surface area (Å²) < 4.78 is 10.4. The molecule has 0 aliphatic heterocycles. The zero-order valence-corrected chi connectivity index (χ0v) is 17.7. The molecule has 3 aromatic rings. The fraction of sp³-hybridized carbons (Fsp3) is 0.273. The summed E-state index contributed by atoms with van der Waals surface area (Å²) in [7, 11) is 1.63. The van der Waals surface area contributed by atoms with E-state index >= 15 is 0 Å². The number of carbonyl (C=O) groups is 2. The average molecular weight is 413 g/mol. The van der Waals surface area contributed by atoms with Gasteiger partial charge in [-0.25, -0.2) is 0 Å². The number of rotatable bonds is 7. The van der Waals surface area contributed by atoms with Crippen LogP contribution in [0.4, 0.5) is 5.00 Å². The first-order valence-electron chi connectivity index (χ1n) is 9.34. The maximum Gasteiger partial charge on any atom is 0.291 e. The van der Waals surface area contributed by atoms with Crippen molar-refractivity contribution in [2.45, 2.75) is 26.8 Å². The van der Waals surface area contributed by atoms with E-state index in [1.54, 1.807) is 19.2 Å². The van der Waals surface area contributed by atoms with Crippen LogP contribution in [0.2, 0.25) is 0 Å². The number of methoxy groups -OCH3 is 1. The van der Waals surface area contributed by atoms with Crippen LogP contribution >= 0.6 is 11.3 Å². The predicted molar refractivity (Wildman–Crippen MR) is 114 cm³/mol. The molecule has 1 N–H and O–H groups in total. The highest BCUT2D eigenvalue weighted by Crippen LogP contribution is 2.31. The number of nitrogens with one attached hydrogen (secondary N) is 1. The minimum atomic E-state index is -0.340. The molecule has 0 aliphatic rings. The zero-order chi connectivity index (χ0) is 21.0. The number of carbonyl (C=O) groups excluding carboxylic acids is 2. The molecule has 7 heteroatoms. The summed E-state index contributed by atoms with van der Waals surface area (Å²) in [5.41, 5.74) is 1.83. The largest absolute Gasteiger partial charge is 0.497 e. The van der Waals surface area contributed by atoms with E-state index in [4.69, 9.17) is 9.15 Å². The summed E-state index contributed by atoms with van der Waals surface area (Å²) in [5, 5.41) is 3.40. The van der Waals surface area contributed by atoms with Gasteiger partial charge in [0.15, 0.2) is 5.76 Å². The van der Waals surface area contributed by atoms with Gasteiger partial charge >= 0.3 is 0 Å². The van der Waals surface area contributed by atoms with E-state index in [0.29, 0.717) is 16.4 Å². The van der Waals surface area contributed by atoms with Crippen molar-refractivity contribution in [1.29, 1.82) is 0 Å². The maximum atomic E-state index is 13.3. The molecule has 2 heterocycles. The Labute approximate surface area is 174 Å². The number of aryl methyl sites for hydroxylation is 1. The molecule has 2 aromatic heterocycles. The van der Waals surface area contributed by atoms with Gasteiger partial charge in [-0.2, -0.15) is 0 Å². The van der Waals surface area contributed by atoms with Crippen molar-refractivity contribution in [1.82, 2.24) is 4.90 Å². The standard InChI is InChI=1S/C22H24N2O4S/c1-5-24(15(3)16-8-6-9-17(13-16)27-4)22(26)20-14(2)12-19(29-20)23-21(25)18-10-7-11-28-18/h6-13,15H,5H2,1-4H3,(H,23,25). The van der Waals surface area contributed by atoms with Crippen molar-refractivity contribution in [3.63, 3.8) is 0 Å². The third-order valence-electron chi connectivity index (χ3n) is 4.74. The summed E-state index contributed by atoms with van der Waals surface area (Å²) in [4.78, 5) is 27.9. The van der Waals surface area contributed by atoms with Gasteiger partial charge in [-0.05, 0) is 62.2 Å². The highest BCUT2D eigenvalue weighted by Gasteiger charge is 2.25. The molecular formula is C22H24N2O4S. The van der Waals surface area contributed by atoms with Crippen molar-refractivity contribution in [2.24, 2.45) is 0 Å². The summed E-state index contributed by atoms with van der Waals surface area (Å²) >= 11 is 1.27. The Morgan fingerprint density at radius 3 is 2.69 bits per heavy atom. The van der Waals surface area contributed by atoms with Crippen LogP contribution in [0.3, 0.4) is 0 Å². The van der Waals surface area contributed by atoms with Crippen LogP contribution in [0.1, 0.15) is 51.2 Å². The Bertz CT molecular complexity index is 994. The Morgan fingerprint density at radius 1 is 1.24 bits per heavy atom. The van der Waals surface area contributed by atoms with E-state index in [1.807, 2.05) is 56.0 Å². The molecule has 0 saturated heterocycles.